The van der Waals surface area contributed by atoms with Crippen LogP contribution in [0, 0.1) is 11.3 Å². The van der Waals surface area contributed by atoms with Crippen molar-refractivity contribution in [3.8, 4) is 23.3 Å². The quantitative estimate of drug-likeness (QED) is 0.313. The van der Waals surface area contributed by atoms with Gasteiger partial charge < -0.3 is 23.8 Å². The number of phosphoric ester groups is 1. The fourth-order valence-corrected chi connectivity index (χ4v) is 2.50. The Kier molecular flexibility index (Phi) is 8.38. The van der Waals surface area contributed by atoms with E-state index in [9.17, 15) is 14.7 Å². The number of nitrogens with zero attached hydrogens (tertiary/aromatic N) is 1. The van der Waals surface area contributed by atoms with Gasteiger partial charge >= 0.3 is 37.4 Å². The summed E-state index contributed by atoms with van der Waals surface area (Å²) in [5.74, 6) is 1.03. The molecular weight excluding hydrogens is 368 g/mol. The Morgan fingerprint density at radius 3 is 2.27 bits per heavy atom. The van der Waals surface area contributed by atoms with Crippen molar-refractivity contribution in [1.29, 1.82) is 5.26 Å². The Bertz CT molecular complexity index is 870. The molecule has 0 aliphatic heterocycles. The summed E-state index contributed by atoms with van der Waals surface area (Å²) < 4.78 is 25.5. The maximum Gasteiger partial charge on any atom is 1.00 e. The topological polar surface area (TPSA) is 112 Å². The fraction of sp³-hybridized carbons (Fsp3) is 0.118. The molecule has 0 spiro atoms. The predicted molar refractivity (Wildman–Crippen MR) is 89.9 cm³/mol. The van der Waals surface area contributed by atoms with E-state index < -0.39 is 7.82 Å². The van der Waals surface area contributed by atoms with Crippen LogP contribution < -0.4 is 48.4 Å². The van der Waals surface area contributed by atoms with Crippen molar-refractivity contribution in [2.75, 3.05) is 14.2 Å². The van der Waals surface area contributed by atoms with E-state index in [0.717, 1.165) is 0 Å². The van der Waals surface area contributed by atoms with Crippen LogP contribution in [0.5, 0.6) is 17.2 Å². The minimum Gasteiger partial charge on any atom is -0.746 e. The van der Waals surface area contributed by atoms with E-state index in [0.29, 0.717) is 28.2 Å². The third-order valence-electron chi connectivity index (χ3n) is 3.23. The Morgan fingerprint density at radius 1 is 1.15 bits per heavy atom. The number of nitriles is 1. The molecule has 0 saturated heterocycles. The zero-order chi connectivity index (χ0) is 18.4. The van der Waals surface area contributed by atoms with E-state index >= 15 is 0 Å². The van der Waals surface area contributed by atoms with Gasteiger partial charge in [-0.05, 0) is 47.5 Å². The van der Waals surface area contributed by atoms with E-state index in [1.807, 2.05) is 0 Å². The van der Waals surface area contributed by atoms with Crippen molar-refractivity contribution in [2.45, 2.75) is 0 Å². The molecule has 0 amide bonds. The Labute approximate surface area is 173 Å². The summed E-state index contributed by atoms with van der Waals surface area (Å²) in [5, 5.41) is 9.41. The van der Waals surface area contributed by atoms with Crippen LogP contribution in [0.15, 0.2) is 42.5 Å². The Hall–Kier alpha value is -1.78. The summed E-state index contributed by atoms with van der Waals surface area (Å²) in [6.07, 6.45) is 1.63. The number of hydrogen-bond donors (Lipinski definition) is 1. The van der Waals surface area contributed by atoms with Gasteiger partial charge in [-0.1, -0.05) is 12.1 Å². The number of methoxy groups -OCH3 is 2. The van der Waals surface area contributed by atoms with Crippen molar-refractivity contribution >= 4 is 19.5 Å². The molecular formula is C17H15NNaO6P. The van der Waals surface area contributed by atoms with Crippen molar-refractivity contribution < 1.29 is 57.9 Å². The van der Waals surface area contributed by atoms with Gasteiger partial charge in [0.2, 0.25) is 0 Å². The number of hydrogen-bond acceptors (Lipinski definition) is 6. The van der Waals surface area contributed by atoms with Gasteiger partial charge in [-0.25, -0.2) is 0 Å². The van der Waals surface area contributed by atoms with Gasteiger partial charge in [0, 0.05) is 0 Å². The number of phosphoric acid groups is 1. The summed E-state index contributed by atoms with van der Waals surface area (Å²) in [4.78, 5) is 19.4. The largest absolute Gasteiger partial charge is 1.00 e. The molecule has 1 atom stereocenters. The minimum atomic E-state index is -4.84. The average molecular weight is 383 g/mol. The molecule has 2 rings (SSSR count). The molecule has 0 radical (unpaired) electrons. The van der Waals surface area contributed by atoms with Gasteiger partial charge in [-0.2, -0.15) is 5.26 Å². The normalized spacial score (nSPS) is 13.0. The Morgan fingerprint density at radius 2 is 1.77 bits per heavy atom. The van der Waals surface area contributed by atoms with Crippen molar-refractivity contribution in [3.05, 3.63) is 53.6 Å². The summed E-state index contributed by atoms with van der Waals surface area (Å²) in [6.45, 7) is 0. The third-order valence-corrected chi connectivity index (χ3v) is 3.67. The number of ether oxygens (including phenoxy) is 2. The van der Waals surface area contributed by atoms with Crippen LogP contribution in [0.2, 0.25) is 0 Å². The standard InChI is InChI=1S/C17H16NO6P.Na/c1-22-16-8-5-13(10-17(16)23-2)14(11-18)9-12-3-6-15(7-4-12)24-25(19,20)21;/h3-10H,1-2H3,(H2,19,20,21);/q;+1/p-1/b14-9+;. The molecule has 2 aromatic rings. The molecule has 130 valence electrons. The van der Waals surface area contributed by atoms with Crippen LogP contribution in [0.25, 0.3) is 11.6 Å². The molecule has 0 heterocycles. The average Bonchev–Trinajstić information content (AvgIpc) is 2.59. The SMILES string of the molecule is COc1ccc(/C(C#N)=C/c2ccc(OP(=O)([O-])O)cc2)cc1OC.[Na+]. The van der Waals surface area contributed by atoms with Crippen LogP contribution in [0.3, 0.4) is 0 Å². The van der Waals surface area contributed by atoms with Gasteiger partial charge in [-0.3, -0.25) is 4.57 Å². The maximum absolute atomic E-state index is 10.7. The first-order valence-corrected chi connectivity index (χ1v) is 8.53. The first kappa shape index (κ1) is 22.3. The van der Waals surface area contributed by atoms with Crippen LogP contribution in [0.4, 0.5) is 0 Å². The summed E-state index contributed by atoms with van der Waals surface area (Å²) >= 11 is 0. The van der Waals surface area contributed by atoms with E-state index in [1.54, 1.807) is 36.4 Å². The molecule has 7 nitrogen and oxygen atoms in total. The molecule has 0 fully saturated rings. The number of benzene rings is 2. The molecule has 0 aliphatic carbocycles. The molecule has 1 N–H and O–H groups in total. The number of rotatable bonds is 6. The molecule has 9 heteroatoms. The zero-order valence-electron chi connectivity index (χ0n) is 14.5. The first-order chi connectivity index (χ1) is 11.9. The molecule has 0 bridgehead atoms. The minimum absolute atomic E-state index is 0. The molecule has 0 aliphatic rings. The van der Waals surface area contributed by atoms with E-state index in [2.05, 4.69) is 10.6 Å². The summed E-state index contributed by atoms with van der Waals surface area (Å²) in [6, 6.07) is 13.1. The van der Waals surface area contributed by atoms with E-state index in [4.69, 9.17) is 14.4 Å². The van der Waals surface area contributed by atoms with E-state index in [1.165, 1.54) is 26.4 Å². The van der Waals surface area contributed by atoms with Gasteiger partial charge in [-0.15, -0.1) is 0 Å². The number of allylic oxidation sites excluding steroid dienone is 1. The zero-order valence-corrected chi connectivity index (χ0v) is 17.4. The van der Waals surface area contributed by atoms with Gasteiger partial charge in [0.25, 0.3) is 0 Å². The van der Waals surface area contributed by atoms with Crippen LogP contribution >= 0.6 is 7.82 Å². The second-order valence-electron chi connectivity index (χ2n) is 4.87. The summed E-state index contributed by atoms with van der Waals surface area (Å²) in [5.41, 5.74) is 1.67. The smallest absolute Gasteiger partial charge is 0.746 e. The molecule has 1 unspecified atom stereocenters. The van der Waals surface area contributed by atoms with Gasteiger partial charge in [0.1, 0.15) is 5.75 Å². The molecule has 0 saturated carbocycles. The Balaban J connectivity index is 0.00000338. The van der Waals surface area contributed by atoms with Crippen LogP contribution in [-0.4, -0.2) is 19.1 Å². The predicted octanol–water partition coefficient (Wildman–Crippen LogP) is -0.389. The van der Waals surface area contributed by atoms with Crippen molar-refractivity contribution in [3.63, 3.8) is 0 Å². The molecule has 26 heavy (non-hydrogen) atoms. The van der Waals surface area contributed by atoms with Crippen LogP contribution in [0.1, 0.15) is 11.1 Å². The maximum atomic E-state index is 10.7. The third kappa shape index (κ3) is 6.19. The van der Waals surface area contributed by atoms with Gasteiger partial charge in [0.05, 0.1) is 25.9 Å². The monoisotopic (exact) mass is 383 g/mol. The second kappa shape index (κ2) is 9.79. The summed E-state index contributed by atoms with van der Waals surface area (Å²) in [7, 11) is -1.82. The molecule has 2 aromatic carbocycles. The van der Waals surface area contributed by atoms with Crippen molar-refractivity contribution in [1.82, 2.24) is 0 Å². The van der Waals surface area contributed by atoms with Crippen LogP contribution in [-0.2, 0) is 4.57 Å². The molecule has 0 aromatic heterocycles. The van der Waals surface area contributed by atoms with Gasteiger partial charge in [0.15, 0.2) is 11.5 Å². The van der Waals surface area contributed by atoms with E-state index in [-0.39, 0.29) is 35.3 Å². The first-order valence-electron chi connectivity index (χ1n) is 7.04. The van der Waals surface area contributed by atoms with Crippen molar-refractivity contribution in [2.24, 2.45) is 0 Å². The second-order valence-corrected chi connectivity index (χ2v) is 5.99. The fourth-order valence-electron chi connectivity index (χ4n) is 2.11.